The van der Waals surface area contributed by atoms with Gasteiger partial charge in [0, 0.05) is 13.0 Å². The fourth-order valence-electron chi connectivity index (χ4n) is 5.58. The molecule has 1 aliphatic rings. The van der Waals surface area contributed by atoms with Gasteiger partial charge in [0.25, 0.3) is 5.91 Å². The minimum absolute atomic E-state index is 0.181. The highest BCUT2D eigenvalue weighted by molar-refractivity contribution is 6.30. The van der Waals surface area contributed by atoms with Crippen LogP contribution in [0.1, 0.15) is 92.0 Å². The summed E-state index contributed by atoms with van der Waals surface area (Å²) in [5.41, 5.74) is 14.5. The van der Waals surface area contributed by atoms with Crippen LogP contribution in [0.5, 0.6) is 0 Å². The van der Waals surface area contributed by atoms with Gasteiger partial charge in [-0.3, -0.25) is 20.4 Å². The third-order valence-electron chi connectivity index (χ3n) is 7.84. The molecule has 9 heteroatoms. The number of amides is 2. The van der Waals surface area contributed by atoms with E-state index in [9.17, 15) is 14.7 Å². The molecule has 2 aromatic carbocycles. The zero-order chi connectivity index (χ0) is 28.5. The molecule has 0 spiro atoms. The summed E-state index contributed by atoms with van der Waals surface area (Å²) in [5.74, 6) is -0.0374. The number of nitrogens with two attached hydrogens (primary N) is 1. The van der Waals surface area contributed by atoms with Gasteiger partial charge in [0.2, 0.25) is 5.91 Å². The number of imidazole rings is 1. The first kappa shape index (κ1) is 29.8. The molecule has 40 heavy (non-hydrogen) atoms. The summed E-state index contributed by atoms with van der Waals surface area (Å²) in [4.78, 5) is 30.6. The number of aryl methyl sites for hydroxylation is 1. The van der Waals surface area contributed by atoms with Crippen molar-refractivity contribution in [3.63, 3.8) is 0 Å². The summed E-state index contributed by atoms with van der Waals surface area (Å²) >= 11 is 6.32. The summed E-state index contributed by atoms with van der Waals surface area (Å²) < 4.78 is 1.99. The molecule has 1 heterocycles. The number of benzene rings is 2. The van der Waals surface area contributed by atoms with E-state index in [4.69, 9.17) is 17.3 Å². The van der Waals surface area contributed by atoms with E-state index < -0.39 is 17.9 Å². The van der Waals surface area contributed by atoms with Crippen LogP contribution in [0.3, 0.4) is 0 Å². The van der Waals surface area contributed by atoms with Gasteiger partial charge in [0.15, 0.2) is 5.15 Å². The van der Waals surface area contributed by atoms with Crippen LogP contribution in [0.15, 0.2) is 54.6 Å². The quantitative estimate of drug-likeness (QED) is 0.246. The minimum Gasteiger partial charge on any atom is -0.390 e. The minimum atomic E-state index is -0.878. The molecule has 2 amide bonds. The number of aromatic nitrogens is 2. The topological polar surface area (TPSA) is 122 Å². The molecule has 0 aliphatic heterocycles. The molecule has 3 aromatic rings. The number of halogens is 1. The van der Waals surface area contributed by atoms with E-state index in [1.165, 1.54) is 6.42 Å². The number of hydrazine groups is 1. The number of aliphatic hydroxyl groups is 1. The first-order chi connectivity index (χ1) is 19.4. The Bertz CT molecular complexity index is 1260. The van der Waals surface area contributed by atoms with Gasteiger partial charge in [-0.2, -0.15) is 0 Å². The Kier molecular flexibility index (Phi) is 10.7. The van der Waals surface area contributed by atoms with E-state index in [-0.39, 0.29) is 18.4 Å². The molecule has 1 aromatic heterocycles. The number of carbonyl (C=O) groups excluding carboxylic acids is 2. The SMILES string of the molecule is CCCCc1nc(Cl)c(CO)n1Cc1ccc(C(C(=O)NNC(=O)C(N)c2ccccc2)C2CCCCC2)cc1. The molecule has 0 bridgehead atoms. The first-order valence-corrected chi connectivity index (χ1v) is 14.6. The van der Waals surface area contributed by atoms with Gasteiger partial charge < -0.3 is 15.4 Å². The van der Waals surface area contributed by atoms with Gasteiger partial charge in [0.05, 0.1) is 18.2 Å². The van der Waals surface area contributed by atoms with Crippen molar-refractivity contribution in [1.29, 1.82) is 0 Å². The maximum atomic E-state index is 13.5. The number of rotatable bonds is 11. The van der Waals surface area contributed by atoms with Gasteiger partial charge in [-0.25, -0.2) is 4.98 Å². The Morgan fingerprint density at radius 1 is 1.02 bits per heavy atom. The number of nitrogens with one attached hydrogen (secondary N) is 2. The number of hydrogen-bond donors (Lipinski definition) is 4. The van der Waals surface area contributed by atoms with Crippen molar-refractivity contribution < 1.29 is 14.7 Å². The van der Waals surface area contributed by atoms with Crippen LogP contribution >= 0.6 is 11.6 Å². The number of unbranched alkanes of at least 4 members (excludes halogenated alkanes) is 1. The van der Waals surface area contributed by atoms with Crippen molar-refractivity contribution in [2.75, 3.05) is 0 Å². The lowest BCUT2D eigenvalue weighted by Crippen LogP contribution is -2.48. The molecule has 0 radical (unpaired) electrons. The van der Waals surface area contributed by atoms with Crippen LogP contribution in [0.4, 0.5) is 0 Å². The molecular weight excluding hydrogens is 526 g/mol. The fourth-order valence-corrected chi connectivity index (χ4v) is 5.84. The molecule has 2 unspecified atom stereocenters. The van der Waals surface area contributed by atoms with Gasteiger partial charge in [-0.05, 0) is 41.9 Å². The van der Waals surface area contributed by atoms with Crippen LogP contribution in [0.25, 0.3) is 0 Å². The number of carbonyl (C=O) groups is 2. The van der Waals surface area contributed by atoms with Crippen molar-refractivity contribution in [2.24, 2.45) is 11.7 Å². The highest BCUT2D eigenvalue weighted by Gasteiger charge is 2.31. The summed E-state index contributed by atoms with van der Waals surface area (Å²) in [6.45, 7) is 2.48. The van der Waals surface area contributed by atoms with Gasteiger partial charge in [-0.1, -0.05) is 98.8 Å². The van der Waals surface area contributed by atoms with Gasteiger partial charge in [-0.15, -0.1) is 0 Å². The molecule has 1 aliphatic carbocycles. The Labute approximate surface area is 241 Å². The zero-order valence-corrected chi connectivity index (χ0v) is 23.9. The van der Waals surface area contributed by atoms with E-state index in [0.717, 1.165) is 61.9 Å². The van der Waals surface area contributed by atoms with Crippen molar-refractivity contribution in [3.05, 3.63) is 88.0 Å². The Morgan fingerprint density at radius 3 is 2.35 bits per heavy atom. The van der Waals surface area contributed by atoms with E-state index >= 15 is 0 Å². The molecular formula is C31H40ClN5O3. The second-order valence-corrected chi connectivity index (χ2v) is 11.0. The monoisotopic (exact) mass is 565 g/mol. The van der Waals surface area contributed by atoms with E-state index in [0.29, 0.717) is 23.0 Å². The molecule has 0 saturated heterocycles. The maximum absolute atomic E-state index is 13.5. The second kappa shape index (κ2) is 14.4. The van der Waals surface area contributed by atoms with Crippen LogP contribution in [0, 0.1) is 5.92 Å². The normalized spacial score (nSPS) is 15.4. The predicted molar refractivity (Wildman–Crippen MR) is 156 cm³/mol. The molecule has 2 atom stereocenters. The largest absolute Gasteiger partial charge is 0.390 e. The lowest BCUT2D eigenvalue weighted by Gasteiger charge is -2.30. The van der Waals surface area contributed by atoms with Crippen LogP contribution in [0.2, 0.25) is 5.15 Å². The van der Waals surface area contributed by atoms with E-state index in [1.54, 1.807) is 12.1 Å². The van der Waals surface area contributed by atoms with Crippen molar-refractivity contribution >= 4 is 23.4 Å². The molecule has 1 fully saturated rings. The highest BCUT2D eigenvalue weighted by atomic mass is 35.5. The molecule has 4 rings (SSSR count). The lowest BCUT2D eigenvalue weighted by molar-refractivity contribution is -0.131. The van der Waals surface area contributed by atoms with Crippen LogP contribution < -0.4 is 16.6 Å². The van der Waals surface area contributed by atoms with Crippen molar-refractivity contribution in [2.45, 2.75) is 83.4 Å². The third kappa shape index (κ3) is 7.30. The first-order valence-electron chi connectivity index (χ1n) is 14.3. The van der Waals surface area contributed by atoms with E-state index in [2.05, 4.69) is 22.8 Å². The molecule has 8 nitrogen and oxygen atoms in total. The van der Waals surface area contributed by atoms with Crippen molar-refractivity contribution in [3.8, 4) is 0 Å². The molecule has 1 saturated carbocycles. The smallest absolute Gasteiger partial charge is 0.259 e. The summed E-state index contributed by atoms with van der Waals surface area (Å²) in [6, 6.07) is 16.2. The lowest BCUT2D eigenvalue weighted by atomic mass is 9.76. The maximum Gasteiger partial charge on any atom is 0.259 e. The number of aliphatic hydroxyl groups excluding tert-OH is 1. The average molecular weight is 566 g/mol. The Hall–Kier alpha value is -3.20. The molecule has 214 valence electrons. The fraction of sp³-hybridized carbons (Fsp3) is 0.452. The van der Waals surface area contributed by atoms with Gasteiger partial charge in [0.1, 0.15) is 11.9 Å². The highest BCUT2D eigenvalue weighted by Crippen LogP contribution is 2.36. The van der Waals surface area contributed by atoms with Crippen molar-refractivity contribution in [1.82, 2.24) is 20.4 Å². The standard InChI is InChI=1S/C31H40ClN5O3/c1-2-3-14-26-34-29(32)25(20-38)37(26)19-21-15-17-23(18-16-21)27(22-10-6-4-7-11-22)30(39)35-36-31(40)28(33)24-12-8-5-9-13-24/h5,8-9,12-13,15-18,22,27-28,38H,2-4,6-7,10-11,14,19-20,33H2,1H3,(H,35,39)(H,36,40). The predicted octanol–water partition coefficient (Wildman–Crippen LogP) is 4.93. The van der Waals surface area contributed by atoms with Crippen LogP contribution in [-0.2, 0) is 29.2 Å². The molecule has 5 N–H and O–H groups in total. The van der Waals surface area contributed by atoms with E-state index in [1.807, 2.05) is 47.0 Å². The Morgan fingerprint density at radius 2 is 1.70 bits per heavy atom. The Balaban J connectivity index is 1.49. The summed E-state index contributed by atoms with van der Waals surface area (Å²) in [7, 11) is 0. The summed E-state index contributed by atoms with van der Waals surface area (Å²) in [5, 5.41) is 10.2. The van der Waals surface area contributed by atoms with Gasteiger partial charge >= 0.3 is 0 Å². The second-order valence-electron chi connectivity index (χ2n) is 10.6. The number of hydrogen-bond acceptors (Lipinski definition) is 5. The zero-order valence-electron chi connectivity index (χ0n) is 23.1. The number of nitrogens with zero attached hydrogens (tertiary/aromatic N) is 2. The summed E-state index contributed by atoms with van der Waals surface area (Å²) in [6.07, 6.45) is 8.09. The third-order valence-corrected chi connectivity index (χ3v) is 8.14. The average Bonchev–Trinajstić information content (AvgIpc) is 3.29. The van der Waals surface area contributed by atoms with Crippen LogP contribution in [-0.4, -0.2) is 26.5 Å².